The van der Waals surface area contributed by atoms with E-state index in [9.17, 15) is 14.4 Å². The van der Waals surface area contributed by atoms with Gasteiger partial charge in [-0.2, -0.15) is 0 Å². The summed E-state index contributed by atoms with van der Waals surface area (Å²) in [5.74, 6) is -0.818. The van der Waals surface area contributed by atoms with Crippen molar-refractivity contribution in [3.05, 3.63) is 28.8 Å². The summed E-state index contributed by atoms with van der Waals surface area (Å²) in [5.41, 5.74) is -0.104. The first-order chi connectivity index (χ1) is 9.43. The zero-order chi connectivity index (χ0) is 14.9. The quantitative estimate of drug-likeness (QED) is 0.515. The van der Waals surface area contributed by atoms with E-state index in [1.807, 2.05) is 6.92 Å². The van der Waals surface area contributed by atoms with Gasteiger partial charge >= 0.3 is 11.1 Å². The van der Waals surface area contributed by atoms with Crippen LogP contribution in [0.4, 0.5) is 9.18 Å². The van der Waals surface area contributed by atoms with Gasteiger partial charge in [-0.3, -0.25) is 0 Å². The van der Waals surface area contributed by atoms with Crippen molar-refractivity contribution in [1.29, 1.82) is 0 Å². The molecular formula is C12H12Cl2FN2O3+. The van der Waals surface area contributed by atoms with Gasteiger partial charge in [0.25, 0.3) is 0 Å². The molecule has 20 heavy (non-hydrogen) atoms. The average Bonchev–Trinajstić information content (AvgIpc) is 2.82. The van der Waals surface area contributed by atoms with Gasteiger partial charge < -0.3 is 9.94 Å². The highest BCUT2D eigenvalue weighted by Gasteiger charge is 2.24. The van der Waals surface area contributed by atoms with E-state index in [2.05, 4.69) is 4.98 Å². The number of hydrogen-bond donors (Lipinski definition) is 2. The number of nitrogens with zero attached hydrogens (tertiary/aromatic N) is 1. The van der Waals surface area contributed by atoms with E-state index < -0.39 is 11.2 Å². The maximum Gasteiger partial charge on any atom is 0.403 e. The summed E-state index contributed by atoms with van der Waals surface area (Å²) in [4.78, 5) is 13.5. The zero-order valence-electron chi connectivity index (χ0n) is 10.5. The number of hydrogen-bond acceptors (Lipinski definition) is 3. The molecule has 0 radical (unpaired) electrons. The fraction of sp³-hybridized carbons (Fsp3) is 0.333. The summed E-state index contributed by atoms with van der Waals surface area (Å²) in [5, 5.41) is 9.66. The minimum atomic E-state index is -0.897. The van der Waals surface area contributed by atoms with Crippen molar-refractivity contribution in [3.8, 4) is 0 Å². The lowest BCUT2D eigenvalue weighted by atomic mass is 10.0. The van der Waals surface area contributed by atoms with Crippen molar-refractivity contribution in [2.75, 3.05) is 6.61 Å². The number of carbonyl (C=O) groups is 1. The molecule has 0 bridgehead atoms. The molecule has 0 amide bonds. The lowest BCUT2D eigenvalue weighted by molar-refractivity contribution is -0.885. The molecule has 2 N–H and O–H groups in total. The fourth-order valence-electron chi connectivity index (χ4n) is 1.98. The third-order valence-electron chi connectivity index (χ3n) is 3.06. The first-order valence-corrected chi connectivity index (χ1v) is 6.63. The summed E-state index contributed by atoms with van der Waals surface area (Å²) in [6.45, 7) is 1.95. The number of halogens is 3. The molecule has 8 heteroatoms. The lowest BCUT2D eigenvalue weighted by Crippen LogP contribution is -2.31. The van der Waals surface area contributed by atoms with Crippen LogP contribution < -0.4 is 4.73 Å². The summed E-state index contributed by atoms with van der Waals surface area (Å²) >= 11 is 10.8. The highest BCUT2D eigenvalue weighted by atomic mass is 35.5. The van der Waals surface area contributed by atoms with Crippen LogP contribution in [0.25, 0.3) is 11.0 Å². The van der Waals surface area contributed by atoms with Gasteiger partial charge in [0, 0.05) is 11.6 Å². The summed E-state index contributed by atoms with van der Waals surface area (Å²) < 4.78 is 19.3. The Kier molecular flexibility index (Phi) is 4.35. The molecule has 0 fully saturated rings. The Morgan fingerprint density at radius 3 is 2.95 bits per heavy atom. The Labute approximate surface area is 123 Å². The predicted octanol–water partition coefficient (Wildman–Crippen LogP) is 3.35. The Morgan fingerprint density at radius 2 is 2.35 bits per heavy atom. The normalized spacial score (nSPS) is 12.6. The molecule has 0 aliphatic rings. The van der Waals surface area contributed by atoms with E-state index in [0.717, 1.165) is 6.20 Å². The maximum absolute atomic E-state index is 13.9. The predicted molar refractivity (Wildman–Crippen MR) is 70.9 cm³/mol. The van der Waals surface area contributed by atoms with Gasteiger partial charge in [0.05, 0.1) is 5.92 Å². The number of nitrogens with one attached hydrogen (secondary N) is 1. The highest BCUT2D eigenvalue weighted by Crippen LogP contribution is 2.27. The Morgan fingerprint density at radius 1 is 1.65 bits per heavy atom. The number of ether oxygens (including phenoxy) is 1. The lowest BCUT2D eigenvalue weighted by Gasteiger charge is -2.09. The van der Waals surface area contributed by atoms with Crippen LogP contribution in [-0.4, -0.2) is 22.2 Å². The van der Waals surface area contributed by atoms with Gasteiger partial charge in [-0.05, 0) is 17.2 Å². The molecule has 0 spiro atoms. The second-order valence-electron chi connectivity index (χ2n) is 4.28. The van der Waals surface area contributed by atoms with Gasteiger partial charge in [-0.1, -0.05) is 18.5 Å². The van der Waals surface area contributed by atoms with Crippen LogP contribution in [0.15, 0.2) is 12.3 Å². The Bertz CT molecular complexity index is 660. The van der Waals surface area contributed by atoms with Gasteiger partial charge in [0.2, 0.25) is 0 Å². The molecule has 1 unspecified atom stereocenters. The molecular weight excluding hydrogens is 310 g/mol. The average molecular weight is 322 g/mol. The summed E-state index contributed by atoms with van der Waals surface area (Å²) in [6, 6.07) is 1.53. The monoisotopic (exact) mass is 321 g/mol. The summed E-state index contributed by atoms with van der Waals surface area (Å²) in [7, 11) is 0. The molecule has 0 saturated carbocycles. The van der Waals surface area contributed by atoms with E-state index in [4.69, 9.17) is 27.9 Å². The topological polar surface area (TPSA) is 66.2 Å². The van der Waals surface area contributed by atoms with Gasteiger partial charge in [-0.25, -0.2) is 14.2 Å². The van der Waals surface area contributed by atoms with Crippen molar-refractivity contribution >= 4 is 39.7 Å². The standard InChI is InChI=1S/C12H11Cl2FN2O3/c1-2-6(5-20-12(14)18)9-3-7-10(15)8(13)4-17(19)11(7)16-9/h3-4,6,19H,2,5H2,1H3/p+1. The Hall–Kier alpha value is -1.53. The molecule has 0 aliphatic heterocycles. The molecule has 0 saturated heterocycles. The second kappa shape index (κ2) is 5.85. The molecule has 2 aromatic rings. The van der Waals surface area contributed by atoms with E-state index in [0.29, 0.717) is 16.8 Å². The van der Waals surface area contributed by atoms with Crippen molar-refractivity contribution in [2.45, 2.75) is 19.3 Å². The fourth-order valence-corrected chi connectivity index (χ4v) is 2.24. The molecule has 0 aliphatic carbocycles. The van der Waals surface area contributed by atoms with Gasteiger partial charge in [-0.15, -0.1) is 0 Å². The number of rotatable bonds is 4. The number of aromatic nitrogens is 2. The number of carbonyl (C=O) groups excluding carboxylic acids is 1. The van der Waals surface area contributed by atoms with Crippen molar-refractivity contribution in [1.82, 2.24) is 4.98 Å². The van der Waals surface area contributed by atoms with E-state index in [1.54, 1.807) is 0 Å². The molecule has 108 valence electrons. The number of H-pyrrole nitrogens is 1. The van der Waals surface area contributed by atoms with Gasteiger partial charge in [0.15, 0.2) is 12.0 Å². The zero-order valence-corrected chi connectivity index (χ0v) is 12.0. The molecule has 0 aromatic carbocycles. The summed E-state index contributed by atoms with van der Waals surface area (Å²) in [6.07, 6.45) is 1.69. The highest BCUT2D eigenvalue weighted by molar-refractivity contribution is 6.61. The number of aromatic amines is 1. The van der Waals surface area contributed by atoms with Crippen LogP contribution in [0.1, 0.15) is 25.0 Å². The van der Waals surface area contributed by atoms with Crippen LogP contribution >= 0.6 is 23.2 Å². The smallest absolute Gasteiger partial charge is 0.403 e. The molecule has 1 atom stereocenters. The molecule has 5 nitrogen and oxygen atoms in total. The second-order valence-corrected chi connectivity index (χ2v) is 4.99. The third-order valence-corrected chi connectivity index (χ3v) is 3.43. The van der Waals surface area contributed by atoms with E-state index >= 15 is 0 Å². The van der Waals surface area contributed by atoms with E-state index in [-0.39, 0.29) is 28.6 Å². The largest absolute Gasteiger partial charge is 0.453 e. The van der Waals surface area contributed by atoms with Crippen LogP contribution in [0, 0.1) is 5.82 Å². The van der Waals surface area contributed by atoms with E-state index in [1.165, 1.54) is 6.07 Å². The maximum atomic E-state index is 13.9. The van der Waals surface area contributed by atoms with Crippen molar-refractivity contribution in [3.63, 3.8) is 0 Å². The van der Waals surface area contributed by atoms with Crippen LogP contribution in [0.2, 0.25) is 5.02 Å². The molecule has 2 aromatic heterocycles. The Balaban J connectivity index is 2.42. The minimum Gasteiger partial charge on any atom is -0.453 e. The molecule has 2 rings (SSSR count). The van der Waals surface area contributed by atoms with Gasteiger partial charge in [0.1, 0.15) is 22.7 Å². The van der Waals surface area contributed by atoms with Crippen molar-refractivity contribution in [2.24, 2.45) is 0 Å². The first kappa shape index (κ1) is 14.9. The number of pyridine rings is 1. The van der Waals surface area contributed by atoms with Crippen LogP contribution in [0.3, 0.4) is 0 Å². The minimum absolute atomic E-state index is 0.0619. The van der Waals surface area contributed by atoms with Crippen LogP contribution in [0.5, 0.6) is 0 Å². The van der Waals surface area contributed by atoms with Crippen LogP contribution in [-0.2, 0) is 4.74 Å². The number of fused-ring (bicyclic) bond motifs is 1. The van der Waals surface area contributed by atoms with Crippen molar-refractivity contribution < 1.29 is 23.9 Å². The molecule has 2 heterocycles. The first-order valence-electron chi connectivity index (χ1n) is 5.87. The SMILES string of the molecule is CCC(COC(=O)Cl)c1cc2c(F)c(Cl)c[n+](O)c2[nH]1. The third kappa shape index (κ3) is 2.81.